The normalized spacial score (nSPS) is 10.3. The maximum absolute atomic E-state index is 12.2. The maximum atomic E-state index is 12.2. The molecule has 20 heavy (non-hydrogen) atoms. The number of amides is 1. The van der Waals surface area contributed by atoms with Gasteiger partial charge in [-0.25, -0.2) is 9.78 Å². The molecule has 0 saturated heterocycles. The number of carbonyl (C=O) groups is 2. The van der Waals surface area contributed by atoms with Gasteiger partial charge in [0.25, 0.3) is 5.91 Å². The lowest BCUT2D eigenvalue weighted by molar-refractivity contribution is 0.0519. The summed E-state index contributed by atoms with van der Waals surface area (Å²) >= 11 is 1.33. The van der Waals surface area contributed by atoms with Gasteiger partial charge >= 0.3 is 5.97 Å². The number of carbonyl (C=O) groups excluding carboxylic acids is 2. The molecule has 0 aliphatic carbocycles. The molecule has 1 amide bonds. The predicted octanol–water partition coefficient (Wildman–Crippen LogP) is 2.52. The summed E-state index contributed by atoms with van der Waals surface area (Å²) in [5.41, 5.74) is 1.96. The van der Waals surface area contributed by atoms with Crippen molar-refractivity contribution in [3.05, 3.63) is 34.1 Å². The van der Waals surface area contributed by atoms with Crippen molar-refractivity contribution in [1.82, 2.24) is 9.97 Å². The fraction of sp³-hybridized carbons (Fsp3) is 0.308. The molecule has 2 rings (SSSR count). The molecule has 6 nitrogen and oxygen atoms in total. The average Bonchev–Trinajstić information content (AvgIpc) is 2.98. The fourth-order valence-electron chi connectivity index (χ4n) is 1.94. The van der Waals surface area contributed by atoms with Gasteiger partial charge in [-0.05, 0) is 26.3 Å². The summed E-state index contributed by atoms with van der Waals surface area (Å²) in [6.07, 6.45) is 1.61. The van der Waals surface area contributed by atoms with Crippen molar-refractivity contribution in [3.63, 3.8) is 0 Å². The van der Waals surface area contributed by atoms with Crippen LogP contribution < -0.4 is 5.32 Å². The Morgan fingerprint density at radius 2 is 2.20 bits per heavy atom. The third-order valence-electron chi connectivity index (χ3n) is 2.80. The molecular weight excluding hydrogens is 278 g/mol. The number of H-pyrrole nitrogens is 1. The molecule has 2 aromatic rings. The van der Waals surface area contributed by atoms with Crippen LogP contribution in [-0.2, 0) is 4.74 Å². The number of aromatic amines is 1. The molecule has 106 valence electrons. The molecular formula is C13H15N3O3S. The zero-order valence-corrected chi connectivity index (χ0v) is 12.3. The predicted molar refractivity (Wildman–Crippen MR) is 76.3 cm³/mol. The monoisotopic (exact) mass is 293 g/mol. The highest BCUT2D eigenvalue weighted by Gasteiger charge is 2.23. The molecule has 0 aliphatic heterocycles. The second kappa shape index (κ2) is 5.87. The number of nitrogens with zero attached hydrogens (tertiary/aromatic N) is 1. The Kier molecular flexibility index (Phi) is 4.19. The molecule has 0 atom stereocenters. The molecule has 0 radical (unpaired) electrons. The van der Waals surface area contributed by atoms with Gasteiger partial charge in [0.1, 0.15) is 5.69 Å². The zero-order chi connectivity index (χ0) is 14.7. The van der Waals surface area contributed by atoms with E-state index in [0.717, 1.165) is 0 Å². The molecule has 0 unspecified atom stereocenters. The molecule has 0 aliphatic rings. The number of aromatic nitrogens is 2. The largest absolute Gasteiger partial charge is 0.461 e. The van der Waals surface area contributed by atoms with Crippen molar-refractivity contribution in [2.45, 2.75) is 20.8 Å². The first-order valence-corrected chi connectivity index (χ1v) is 6.99. The summed E-state index contributed by atoms with van der Waals surface area (Å²) in [5.74, 6) is -0.747. The van der Waals surface area contributed by atoms with Crippen molar-refractivity contribution >= 4 is 28.3 Å². The summed E-state index contributed by atoms with van der Waals surface area (Å²) in [4.78, 5) is 30.9. The SMILES string of the molecule is CCOC(=O)c1[nH]c(C)c(C(=O)Nc2nccs2)c1C. The molecule has 7 heteroatoms. The molecule has 0 bridgehead atoms. The number of nitrogens with one attached hydrogen (secondary N) is 2. The first-order chi connectivity index (χ1) is 9.54. The number of ether oxygens (including phenoxy) is 1. The minimum Gasteiger partial charge on any atom is -0.461 e. The van der Waals surface area contributed by atoms with E-state index >= 15 is 0 Å². The Labute approximate surface area is 120 Å². The molecule has 0 saturated carbocycles. The molecule has 2 N–H and O–H groups in total. The second-order valence-electron chi connectivity index (χ2n) is 4.14. The van der Waals surface area contributed by atoms with Crippen LogP contribution >= 0.6 is 11.3 Å². The van der Waals surface area contributed by atoms with Crippen molar-refractivity contribution in [3.8, 4) is 0 Å². The van der Waals surface area contributed by atoms with Crippen LogP contribution in [0.3, 0.4) is 0 Å². The lowest BCUT2D eigenvalue weighted by atomic mass is 10.1. The van der Waals surface area contributed by atoms with Gasteiger partial charge in [-0.3, -0.25) is 10.1 Å². The second-order valence-corrected chi connectivity index (χ2v) is 5.03. The first-order valence-electron chi connectivity index (χ1n) is 6.11. The van der Waals surface area contributed by atoms with E-state index in [4.69, 9.17) is 4.74 Å². The van der Waals surface area contributed by atoms with Crippen LogP contribution in [0.1, 0.15) is 39.0 Å². The van der Waals surface area contributed by atoms with E-state index < -0.39 is 5.97 Å². The summed E-state index contributed by atoms with van der Waals surface area (Å²) in [5, 5.41) is 5.00. The van der Waals surface area contributed by atoms with Crippen molar-refractivity contribution in [2.24, 2.45) is 0 Å². The van der Waals surface area contributed by atoms with Crippen LogP contribution in [0.5, 0.6) is 0 Å². The van der Waals surface area contributed by atoms with Crippen LogP contribution in [0.2, 0.25) is 0 Å². The number of esters is 1. The van der Waals surface area contributed by atoms with E-state index in [0.29, 0.717) is 27.6 Å². The van der Waals surface area contributed by atoms with Gasteiger partial charge in [-0.1, -0.05) is 0 Å². The average molecular weight is 293 g/mol. The topological polar surface area (TPSA) is 84.1 Å². The molecule has 0 spiro atoms. The van der Waals surface area contributed by atoms with E-state index in [2.05, 4.69) is 15.3 Å². The van der Waals surface area contributed by atoms with Crippen molar-refractivity contribution in [2.75, 3.05) is 11.9 Å². The maximum Gasteiger partial charge on any atom is 0.355 e. The van der Waals surface area contributed by atoms with Crippen molar-refractivity contribution in [1.29, 1.82) is 0 Å². The summed E-state index contributed by atoms with van der Waals surface area (Å²) < 4.78 is 4.95. The van der Waals surface area contributed by atoms with Gasteiger partial charge in [0.15, 0.2) is 5.13 Å². The number of thiazole rings is 1. The van der Waals surface area contributed by atoms with E-state index in [1.807, 2.05) is 0 Å². The standard InChI is InChI=1S/C13H15N3O3S/c1-4-19-12(18)10-7(2)9(8(3)15-10)11(17)16-13-14-5-6-20-13/h5-6,15H,4H2,1-3H3,(H,14,16,17). The quantitative estimate of drug-likeness (QED) is 0.848. The summed E-state index contributed by atoms with van der Waals surface area (Å²) in [6, 6.07) is 0. The van der Waals surface area contributed by atoms with Gasteiger partial charge in [-0.15, -0.1) is 11.3 Å². The third kappa shape index (κ3) is 2.72. The highest BCUT2D eigenvalue weighted by molar-refractivity contribution is 7.13. The Morgan fingerprint density at radius 3 is 2.80 bits per heavy atom. The third-order valence-corrected chi connectivity index (χ3v) is 3.49. The molecule has 2 aromatic heterocycles. The van der Waals surface area contributed by atoms with E-state index in [1.54, 1.807) is 32.3 Å². The van der Waals surface area contributed by atoms with Gasteiger partial charge in [0, 0.05) is 17.3 Å². The highest BCUT2D eigenvalue weighted by Crippen LogP contribution is 2.21. The summed E-state index contributed by atoms with van der Waals surface area (Å²) in [7, 11) is 0. The number of anilines is 1. The Morgan fingerprint density at radius 1 is 1.45 bits per heavy atom. The molecule has 0 fully saturated rings. The van der Waals surface area contributed by atoms with Gasteiger partial charge in [-0.2, -0.15) is 0 Å². The smallest absolute Gasteiger partial charge is 0.355 e. The number of aryl methyl sites for hydroxylation is 1. The highest BCUT2D eigenvalue weighted by atomic mass is 32.1. The van der Waals surface area contributed by atoms with Crippen LogP contribution in [0.15, 0.2) is 11.6 Å². The number of rotatable bonds is 4. The Hall–Kier alpha value is -2.15. The van der Waals surface area contributed by atoms with E-state index in [-0.39, 0.29) is 12.5 Å². The lowest BCUT2D eigenvalue weighted by Crippen LogP contribution is -2.14. The first kappa shape index (κ1) is 14.3. The zero-order valence-electron chi connectivity index (χ0n) is 11.4. The Bertz CT molecular complexity index is 632. The van der Waals surface area contributed by atoms with Crippen LogP contribution in [-0.4, -0.2) is 28.5 Å². The van der Waals surface area contributed by atoms with Crippen molar-refractivity contribution < 1.29 is 14.3 Å². The number of hydrogen-bond acceptors (Lipinski definition) is 5. The van der Waals surface area contributed by atoms with Crippen LogP contribution in [0, 0.1) is 13.8 Å². The minimum atomic E-state index is -0.457. The Balaban J connectivity index is 2.28. The van der Waals surface area contributed by atoms with Gasteiger partial charge < -0.3 is 9.72 Å². The van der Waals surface area contributed by atoms with E-state index in [1.165, 1.54) is 11.3 Å². The van der Waals surface area contributed by atoms with Gasteiger partial charge in [0.2, 0.25) is 0 Å². The van der Waals surface area contributed by atoms with Crippen LogP contribution in [0.25, 0.3) is 0 Å². The van der Waals surface area contributed by atoms with E-state index in [9.17, 15) is 9.59 Å². The number of hydrogen-bond donors (Lipinski definition) is 2. The fourth-order valence-corrected chi connectivity index (χ4v) is 2.47. The summed E-state index contributed by atoms with van der Waals surface area (Å²) in [6.45, 7) is 5.48. The van der Waals surface area contributed by atoms with Crippen LogP contribution in [0.4, 0.5) is 5.13 Å². The molecule has 2 heterocycles. The minimum absolute atomic E-state index is 0.289. The molecule has 0 aromatic carbocycles. The van der Waals surface area contributed by atoms with Gasteiger partial charge in [0.05, 0.1) is 12.2 Å². The lowest BCUT2D eigenvalue weighted by Gasteiger charge is -2.03.